The van der Waals surface area contributed by atoms with Crippen LogP contribution in [0.3, 0.4) is 0 Å². The zero-order chi connectivity index (χ0) is 22.6. The summed E-state index contributed by atoms with van der Waals surface area (Å²) in [6, 6.07) is -0.596. The number of nitrogens with zero attached hydrogens (tertiary/aromatic N) is 1. The Morgan fingerprint density at radius 3 is 2.10 bits per heavy atom. The van der Waals surface area contributed by atoms with E-state index >= 15 is 0 Å². The molecule has 0 aromatic heterocycles. The summed E-state index contributed by atoms with van der Waals surface area (Å²) in [4.78, 5) is 32.3. The number of aliphatic hydroxyl groups is 3. The summed E-state index contributed by atoms with van der Waals surface area (Å²) in [5.74, 6) is 0. The molecule has 2 amide bonds. The minimum absolute atomic E-state index is 0.269. The van der Waals surface area contributed by atoms with Crippen molar-refractivity contribution in [1.82, 2.24) is 10.2 Å². The Kier molecular flexibility index (Phi) is 8.37. The monoisotopic (exact) mass is 466 g/mol. The van der Waals surface area contributed by atoms with Crippen LogP contribution in [0, 0.1) is 0 Å². The maximum absolute atomic E-state index is 13.0. The Bertz CT molecular complexity index is 648. The number of phosphoric acid groups is 1. The summed E-state index contributed by atoms with van der Waals surface area (Å²) in [5, 5.41) is 33.9. The summed E-state index contributed by atoms with van der Waals surface area (Å²) < 4.78 is 21.2. The van der Waals surface area contributed by atoms with E-state index in [-0.39, 0.29) is 6.42 Å². The quantitative estimate of drug-likeness (QED) is 0.330. The van der Waals surface area contributed by atoms with Crippen LogP contribution in [0.5, 0.6) is 0 Å². The predicted octanol–water partition coefficient (Wildman–Crippen LogP) is 0.929. The van der Waals surface area contributed by atoms with Crippen molar-refractivity contribution in [2.45, 2.75) is 107 Å². The number of carbonyl (C=O) groups excluding carboxylic acids is 1. The maximum atomic E-state index is 13.0. The van der Waals surface area contributed by atoms with Crippen molar-refractivity contribution in [3.05, 3.63) is 0 Å². The largest absolute Gasteiger partial charge is 0.469 e. The molecule has 3 rings (SSSR count). The molecule has 3 aliphatic rings. The highest BCUT2D eigenvalue weighted by molar-refractivity contribution is 7.46. The third-order valence-electron chi connectivity index (χ3n) is 6.63. The first-order chi connectivity index (χ1) is 14.6. The molecule has 12 heteroatoms. The van der Waals surface area contributed by atoms with E-state index in [0.717, 1.165) is 38.5 Å². The van der Waals surface area contributed by atoms with Crippen LogP contribution in [0.4, 0.5) is 4.79 Å². The van der Waals surface area contributed by atoms with Gasteiger partial charge in [0.2, 0.25) is 0 Å². The molecule has 180 valence electrons. The molecule has 3 fully saturated rings. The summed E-state index contributed by atoms with van der Waals surface area (Å²) in [7, 11) is -4.79. The minimum atomic E-state index is -4.79. The number of nitrogens with one attached hydrogen (secondary N) is 1. The minimum Gasteiger partial charge on any atom is -0.387 e. The molecule has 0 aromatic carbocycles. The molecule has 1 saturated carbocycles. The third kappa shape index (κ3) is 6.17. The van der Waals surface area contributed by atoms with Gasteiger partial charge in [0.1, 0.15) is 24.5 Å². The number of phosphoric ester groups is 1. The first-order valence-electron chi connectivity index (χ1n) is 11.1. The van der Waals surface area contributed by atoms with Crippen molar-refractivity contribution in [3.8, 4) is 0 Å². The van der Waals surface area contributed by atoms with Crippen LogP contribution in [-0.4, -0.2) is 79.0 Å². The van der Waals surface area contributed by atoms with Gasteiger partial charge in [-0.3, -0.25) is 9.42 Å². The van der Waals surface area contributed by atoms with Crippen LogP contribution in [0.25, 0.3) is 0 Å². The Hall–Kier alpha value is -0.780. The van der Waals surface area contributed by atoms with Gasteiger partial charge in [0.25, 0.3) is 0 Å². The molecule has 0 bridgehead atoms. The van der Waals surface area contributed by atoms with Crippen molar-refractivity contribution in [3.63, 3.8) is 0 Å². The van der Waals surface area contributed by atoms with Crippen molar-refractivity contribution in [1.29, 1.82) is 0 Å². The third-order valence-corrected chi connectivity index (χ3v) is 7.11. The normalized spacial score (nSPS) is 35.6. The lowest BCUT2D eigenvalue weighted by atomic mass is 9.79. The van der Waals surface area contributed by atoms with Gasteiger partial charge in [0.05, 0.1) is 12.1 Å². The highest BCUT2D eigenvalue weighted by Gasteiger charge is 2.55. The van der Waals surface area contributed by atoms with Crippen LogP contribution in [-0.2, 0) is 13.8 Å². The van der Waals surface area contributed by atoms with Gasteiger partial charge in [-0.2, -0.15) is 0 Å². The number of aliphatic hydroxyl groups excluding tert-OH is 3. The number of hydrogen-bond donors (Lipinski definition) is 6. The van der Waals surface area contributed by atoms with Crippen LogP contribution in [0.1, 0.15) is 70.6 Å². The second kappa shape index (κ2) is 10.4. The van der Waals surface area contributed by atoms with Crippen LogP contribution >= 0.6 is 7.82 Å². The highest BCUT2D eigenvalue weighted by Crippen LogP contribution is 2.42. The van der Waals surface area contributed by atoms with E-state index in [4.69, 9.17) is 14.5 Å². The van der Waals surface area contributed by atoms with E-state index < -0.39 is 56.8 Å². The average Bonchev–Trinajstić information content (AvgIpc) is 2.92. The Morgan fingerprint density at radius 1 is 1.00 bits per heavy atom. The summed E-state index contributed by atoms with van der Waals surface area (Å²) in [6.45, 7) is -0.635. The second-order valence-corrected chi connectivity index (χ2v) is 10.2. The fraction of sp³-hybridized carbons (Fsp3) is 0.947. The summed E-state index contributed by atoms with van der Waals surface area (Å²) >= 11 is 0. The first kappa shape index (κ1) is 24.9. The lowest BCUT2D eigenvalue weighted by Gasteiger charge is -2.51. The van der Waals surface area contributed by atoms with Crippen molar-refractivity contribution in [2.75, 3.05) is 6.61 Å². The van der Waals surface area contributed by atoms with E-state index in [0.29, 0.717) is 12.8 Å². The van der Waals surface area contributed by atoms with Gasteiger partial charge in [-0.1, -0.05) is 51.4 Å². The molecule has 31 heavy (non-hydrogen) atoms. The van der Waals surface area contributed by atoms with Crippen molar-refractivity contribution in [2.24, 2.45) is 0 Å². The molecule has 2 saturated heterocycles. The number of amides is 2. The zero-order valence-corrected chi connectivity index (χ0v) is 18.5. The fourth-order valence-corrected chi connectivity index (χ4v) is 5.45. The van der Waals surface area contributed by atoms with Crippen molar-refractivity contribution >= 4 is 13.9 Å². The van der Waals surface area contributed by atoms with E-state index in [1.165, 1.54) is 17.7 Å². The van der Waals surface area contributed by atoms with E-state index in [2.05, 4.69) is 9.84 Å². The van der Waals surface area contributed by atoms with Gasteiger partial charge >= 0.3 is 13.9 Å². The number of carbonyl (C=O) groups is 1. The van der Waals surface area contributed by atoms with Crippen LogP contribution < -0.4 is 5.32 Å². The molecule has 6 N–H and O–H groups in total. The number of hydrogen-bond acceptors (Lipinski definition) is 7. The molecular weight excluding hydrogens is 431 g/mol. The Labute approximate surface area is 182 Å². The molecule has 11 nitrogen and oxygen atoms in total. The highest BCUT2D eigenvalue weighted by atomic mass is 31.2. The van der Waals surface area contributed by atoms with Gasteiger partial charge < -0.3 is 35.2 Å². The molecular formula is C19H35N2O9P. The van der Waals surface area contributed by atoms with Crippen LogP contribution in [0.15, 0.2) is 0 Å². The van der Waals surface area contributed by atoms with Gasteiger partial charge in [-0.05, 0) is 12.8 Å². The number of urea groups is 1. The molecule has 5 unspecified atom stereocenters. The van der Waals surface area contributed by atoms with Crippen molar-refractivity contribution < 1.29 is 43.7 Å². The Morgan fingerprint density at radius 2 is 1.55 bits per heavy atom. The SMILES string of the molecule is O=C1NC(O)CC2(CCCCCCCCCC2)N1C1OC(COP(=O)(O)O)C(O)C1O. The maximum Gasteiger partial charge on any atom is 0.469 e. The second-order valence-electron chi connectivity index (χ2n) is 8.92. The molecule has 2 aliphatic heterocycles. The summed E-state index contributed by atoms with van der Waals surface area (Å²) in [5.41, 5.74) is -0.754. The predicted molar refractivity (Wildman–Crippen MR) is 109 cm³/mol. The van der Waals surface area contributed by atoms with Gasteiger partial charge in [-0.15, -0.1) is 0 Å². The molecule has 2 heterocycles. The van der Waals surface area contributed by atoms with E-state index in [9.17, 15) is 24.7 Å². The lowest BCUT2D eigenvalue weighted by molar-refractivity contribution is -0.138. The standard InChI is InChI=1S/C19H35N2O9P/c22-14-11-19(9-7-5-3-1-2-4-6-8-10-19)21(18(25)20-14)17-16(24)15(23)13(30-17)12-29-31(26,27)28/h13-17,22-24H,1-12H2,(H,20,25)(H2,26,27,28). The molecule has 0 aromatic rings. The van der Waals surface area contributed by atoms with Crippen LogP contribution in [0.2, 0.25) is 0 Å². The fourth-order valence-electron chi connectivity index (χ4n) is 5.11. The van der Waals surface area contributed by atoms with E-state index in [1.54, 1.807) is 0 Å². The zero-order valence-electron chi connectivity index (χ0n) is 17.6. The summed E-state index contributed by atoms with van der Waals surface area (Å²) in [6.07, 6.45) is 3.37. The topological polar surface area (TPSA) is 169 Å². The number of ether oxygens (including phenoxy) is 1. The molecule has 1 spiro atoms. The molecule has 5 atom stereocenters. The smallest absolute Gasteiger partial charge is 0.387 e. The molecule has 1 aliphatic carbocycles. The van der Waals surface area contributed by atoms with Gasteiger partial charge in [0.15, 0.2) is 6.23 Å². The van der Waals surface area contributed by atoms with Gasteiger partial charge in [0, 0.05) is 6.42 Å². The lowest BCUT2D eigenvalue weighted by Crippen LogP contribution is -2.68. The first-order valence-corrected chi connectivity index (χ1v) is 12.7. The average molecular weight is 466 g/mol. The van der Waals surface area contributed by atoms with E-state index in [1.807, 2.05) is 0 Å². The van der Waals surface area contributed by atoms with Gasteiger partial charge in [-0.25, -0.2) is 9.36 Å². The Balaban J connectivity index is 1.84. The number of rotatable bonds is 4. The molecule has 0 radical (unpaired) electrons.